The molecular weight excluding hydrogens is 579 g/mol. The quantitative estimate of drug-likeness (QED) is 0.258. The Balaban J connectivity index is 1.59. The van der Waals surface area contributed by atoms with Crippen molar-refractivity contribution in [3.8, 4) is 11.3 Å². The number of rotatable bonds is 6. The number of aryl methyl sites for hydroxylation is 1. The Morgan fingerprint density at radius 1 is 1.14 bits per heavy atom. The van der Waals surface area contributed by atoms with Crippen molar-refractivity contribution in [2.75, 3.05) is 15.9 Å². The minimum absolute atomic E-state index is 0.343. The van der Waals surface area contributed by atoms with E-state index in [4.69, 9.17) is 16.6 Å². The van der Waals surface area contributed by atoms with Crippen molar-refractivity contribution in [1.82, 2.24) is 10.3 Å². The normalized spacial score (nSPS) is 17.6. The Labute approximate surface area is 227 Å². The minimum atomic E-state index is -3.43. The number of halogens is 2. The van der Waals surface area contributed by atoms with Gasteiger partial charge in [0.1, 0.15) is 23.4 Å². The Morgan fingerprint density at radius 3 is 2.62 bits per heavy atom. The van der Waals surface area contributed by atoms with Gasteiger partial charge in [-0.1, -0.05) is 22.0 Å². The van der Waals surface area contributed by atoms with Gasteiger partial charge in [0.2, 0.25) is 10.0 Å². The number of benzene rings is 2. The number of thiocarbonyl (C=S) groups is 1. The zero-order valence-corrected chi connectivity index (χ0v) is 23.0. The van der Waals surface area contributed by atoms with Gasteiger partial charge in [-0.2, -0.15) is 0 Å². The van der Waals surface area contributed by atoms with Crippen molar-refractivity contribution in [3.63, 3.8) is 0 Å². The van der Waals surface area contributed by atoms with Crippen LogP contribution in [0.2, 0.25) is 0 Å². The molecule has 37 heavy (non-hydrogen) atoms. The van der Waals surface area contributed by atoms with Crippen molar-refractivity contribution in [1.29, 1.82) is 0 Å². The fourth-order valence-corrected chi connectivity index (χ4v) is 5.69. The summed E-state index contributed by atoms with van der Waals surface area (Å²) in [4.78, 5) is 6.44. The topological polar surface area (TPSA) is 87.5 Å². The lowest BCUT2D eigenvalue weighted by Gasteiger charge is -2.26. The molecule has 3 heterocycles. The second kappa shape index (κ2) is 9.88. The second-order valence-corrected chi connectivity index (χ2v) is 11.7. The van der Waals surface area contributed by atoms with E-state index in [9.17, 15) is 12.8 Å². The van der Waals surface area contributed by atoms with Gasteiger partial charge in [0, 0.05) is 16.4 Å². The van der Waals surface area contributed by atoms with Crippen LogP contribution in [0.5, 0.6) is 0 Å². The lowest BCUT2D eigenvalue weighted by Crippen LogP contribution is -2.29. The summed E-state index contributed by atoms with van der Waals surface area (Å²) in [6.07, 6.45) is 2.82. The molecule has 0 radical (unpaired) electrons. The molecule has 4 aromatic rings. The van der Waals surface area contributed by atoms with Crippen LogP contribution in [-0.2, 0) is 10.0 Å². The number of anilines is 2. The highest BCUT2D eigenvalue weighted by Crippen LogP contribution is 2.43. The lowest BCUT2D eigenvalue weighted by atomic mass is 10.0. The van der Waals surface area contributed by atoms with Gasteiger partial charge in [-0.25, -0.2) is 12.8 Å². The SMILES string of the molecule is Cc1cc(N2C(=S)NC(c3ccccn3)C2c2ccc(-c3ccc(Br)cc3F)o2)ccc1NS(C)(=O)=O. The average Bonchev–Trinajstić information content (AvgIpc) is 3.45. The maximum atomic E-state index is 14.7. The molecule has 2 N–H and O–H groups in total. The first-order valence-corrected chi connectivity index (χ1v) is 14.3. The van der Waals surface area contributed by atoms with Crippen LogP contribution in [0.1, 0.15) is 29.1 Å². The Morgan fingerprint density at radius 2 is 1.95 bits per heavy atom. The Hall–Kier alpha value is -3.28. The summed E-state index contributed by atoms with van der Waals surface area (Å²) in [7, 11) is -3.43. The Kier molecular flexibility index (Phi) is 6.78. The number of hydrogen-bond donors (Lipinski definition) is 2. The predicted molar refractivity (Wildman–Crippen MR) is 149 cm³/mol. The summed E-state index contributed by atoms with van der Waals surface area (Å²) in [5.74, 6) is 0.552. The first-order chi connectivity index (χ1) is 17.6. The van der Waals surface area contributed by atoms with Crippen molar-refractivity contribution in [3.05, 3.63) is 100 Å². The molecule has 0 saturated carbocycles. The number of furan rings is 1. The van der Waals surface area contributed by atoms with Crippen LogP contribution in [0.4, 0.5) is 15.8 Å². The van der Waals surface area contributed by atoms with E-state index >= 15 is 0 Å². The summed E-state index contributed by atoms with van der Waals surface area (Å²) in [6, 6.07) is 18.5. The van der Waals surface area contributed by atoms with Crippen LogP contribution in [0.15, 0.2) is 81.8 Å². The summed E-state index contributed by atoms with van der Waals surface area (Å²) < 4.78 is 47.6. The lowest BCUT2D eigenvalue weighted by molar-refractivity contribution is 0.438. The number of nitrogens with zero attached hydrogens (tertiary/aromatic N) is 2. The predicted octanol–water partition coefficient (Wildman–Crippen LogP) is 6.10. The smallest absolute Gasteiger partial charge is 0.229 e. The van der Waals surface area contributed by atoms with Crippen LogP contribution in [0.3, 0.4) is 0 Å². The molecule has 1 saturated heterocycles. The van der Waals surface area contributed by atoms with Gasteiger partial charge >= 0.3 is 0 Å². The summed E-state index contributed by atoms with van der Waals surface area (Å²) in [5.41, 5.74) is 3.05. The second-order valence-electron chi connectivity index (χ2n) is 8.70. The first kappa shape index (κ1) is 25.4. The van der Waals surface area contributed by atoms with Gasteiger partial charge in [0.15, 0.2) is 5.11 Å². The monoisotopic (exact) mass is 600 g/mol. The largest absolute Gasteiger partial charge is 0.459 e. The molecule has 1 fully saturated rings. The number of hydrogen-bond acceptors (Lipinski definition) is 5. The maximum absolute atomic E-state index is 14.7. The standard InChI is InChI=1S/C26H22BrFN4O3S2/c1-15-13-17(7-9-20(15)31-37(2,33)34)32-25(24(30-26(32)36)21-5-3-4-12-29-21)23-11-10-22(35-23)18-8-6-16(27)14-19(18)28/h3-14,24-25,31H,1-2H3,(H,30,36). The van der Waals surface area contributed by atoms with E-state index in [2.05, 4.69) is 31.0 Å². The summed E-state index contributed by atoms with van der Waals surface area (Å²) in [5, 5.41) is 3.81. The molecule has 0 aliphatic carbocycles. The molecule has 11 heteroatoms. The van der Waals surface area contributed by atoms with Crippen LogP contribution in [0, 0.1) is 12.7 Å². The third kappa shape index (κ3) is 5.25. The van der Waals surface area contributed by atoms with Gasteiger partial charge in [-0.05, 0) is 85.4 Å². The number of aromatic nitrogens is 1. The number of sulfonamides is 1. The molecule has 0 bridgehead atoms. The third-order valence-electron chi connectivity index (χ3n) is 6.00. The molecule has 0 spiro atoms. The molecule has 2 aromatic carbocycles. The Bertz CT molecular complexity index is 1590. The van der Waals surface area contributed by atoms with Crippen molar-refractivity contribution >= 4 is 54.7 Å². The molecule has 2 aromatic heterocycles. The van der Waals surface area contributed by atoms with Gasteiger partial charge in [0.05, 0.1) is 29.2 Å². The fraction of sp³-hybridized carbons (Fsp3) is 0.154. The van der Waals surface area contributed by atoms with Crippen LogP contribution in [-0.4, -0.2) is 24.8 Å². The van der Waals surface area contributed by atoms with E-state index in [1.807, 2.05) is 42.2 Å². The van der Waals surface area contributed by atoms with E-state index in [1.165, 1.54) is 6.07 Å². The molecule has 1 aliphatic heterocycles. The van der Waals surface area contributed by atoms with Gasteiger partial charge in [-0.15, -0.1) is 0 Å². The number of nitrogens with one attached hydrogen (secondary N) is 2. The zero-order valence-electron chi connectivity index (χ0n) is 19.8. The molecule has 5 rings (SSSR count). The molecule has 2 unspecified atom stereocenters. The van der Waals surface area contributed by atoms with Crippen molar-refractivity contribution < 1.29 is 17.2 Å². The fourth-order valence-electron chi connectivity index (χ4n) is 4.38. The average molecular weight is 602 g/mol. The van der Waals surface area contributed by atoms with E-state index < -0.39 is 21.9 Å². The highest BCUT2D eigenvalue weighted by atomic mass is 79.9. The van der Waals surface area contributed by atoms with Crippen LogP contribution < -0.4 is 14.9 Å². The minimum Gasteiger partial charge on any atom is -0.459 e. The molecule has 1 aliphatic rings. The molecule has 190 valence electrons. The van der Waals surface area contributed by atoms with Crippen LogP contribution >= 0.6 is 28.1 Å². The van der Waals surface area contributed by atoms with E-state index in [1.54, 1.807) is 36.5 Å². The van der Waals surface area contributed by atoms with Crippen molar-refractivity contribution in [2.24, 2.45) is 0 Å². The highest BCUT2D eigenvalue weighted by Gasteiger charge is 2.42. The molecule has 0 amide bonds. The number of pyridine rings is 1. The van der Waals surface area contributed by atoms with Crippen LogP contribution in [0.25, 0.3) is 11.3 Å². The van der Waals surface area contributed by atoms with Crippen molar-refractivity contribution in [2.45, 2.75) is 19.0 Å². The van der Waals surface area contributed by atoms with Gasteiger partial charge < -0.3 is 14.6 Å². The highest BCUT2D eigenvalue weighted by molar-refractivity contribution is 9.10. The summed E-state index contributed by atoms with van der Waals surface area (Å²) in [6.45, 7) is 1.82. The van der Waals surface area contributed by atoms with Gasteiger partial charge in [-0.3, -0.25) is 9.71 Å². The molecule has 2 atom stereocenters. The zero-order chi connectivity index (χ0) is 26.3. The van der Waals surface area contributed by atoms with E-state index in [-0.39, 0.29) is 6.04 Å². The maximum Gasteiger partial charge on any atom is 0.229 e. The van der Waals surface area contributed by atoms with E-state index in [0.29, 0.717) is 32.4 Å². The molecular formula is C26H22BrFN4O3S2. The van der Waals surface area contributed by atoms with Gasteiger partial charge in [0.25, 0.3) is 0 Å². The first-order valence-electron chi connectivity index (χ1n) is 11.2. The molecule has 7 nitrogen and oxygen atoms in total. The summed E-state index contributed by atoms with van der Waals surface area (Å²) >= 11 is 9.03. The van der Waals surface area contributed by atoms with E-state index in [0.717, 1.165) is 23.2 Å². The third-order valence-corrected chi connectivity index (χ3v) is 7.39.